The predicted molar refractivity (Wildman–Crippen MR) is 77.7 cm³/mol. The van der Waals surface area contributed by atoms with Crippen LogP contribution in [0.5, 0.6) is 5.75 Å². The van der Waals surface area contributed by atoms with Crippen LogP contribution in [-0.2, 0) is 16.1 Å². The second-order valence-corrected chi connectivity index (χ2v) is 5.44. The van der Waals surface area contributed by atoms with Crippen LogP contribution in [0.2, 0.25) is 0 Å². The van der Waals surface area contributed by atoms with E-state index in [9.17, 15) is 4.79 Å². The molecule has 5 nitrogen and oxygen atoms in total. The minimum Gasteiger partial charge on any atom is -0.496 e. The van der Waals surface area contributed by atoms with Crippen LogP contribution in [0.25, 0.3) is 0 Å². The van der Waals surface area contributed by atoms with E-state index in [1.807, 2.05) is 12.1 Å². The molecular weight excluding hydrogens is 268 g/mol. The SMILES string of the molecule is COC(=O)C1CN(Cc2cc(C#N)ccc2OC)CC1C. The minimum atomic E-state index is -0.150. The van der Waals surface area contributed by atoms with Crippen LogP contribution in [0, 0.1) is 23.2 Å². The van der Waals surface area contributed by atoms with E-state index in [0.717, 1.165) is 17.9 Å². The number of ether oxygens (including phenoxy) is 2. The Morgan fingerprint density at radius 2 is 2.19 bits per heavy atom. The molecule has 1 aliphatic heterocycles. The molecule has 0 amide bonds. The molecule has 1 fully saturated rings. The van der Waals surface area contributed by atoms with Crippen molar-refractivity contribution in [1.82, 2.24) is 4.90 Å². The molecule has 0 saturated carbocycles. The number of benzene rings is 1. The van der Waals surface area contributed by atoms with Crippen LogP contribution in [0.3, 0.4) is 0 Å². The Kier molecular flexibility index (Phi) is 4.81. The number of rotatable bonds is 4. The zero-order chi connectivity index (χ0) is 15.4. The Labute approximate surface area is 125 Å². The largest absolute Gasteiger partial charge is 0.496 e. The molecule has 2 rings (SSSR count). The summed E-state index contributed by atoms with van der Waals surface area (Å²) in [7, 11) is 3.05. The normalized spacial score (nSPS) is 21.8. The first kappa shape index (κ1) is 15.3. The van der Waals surface area contributed by atoms with E-state index in [2.05, 4.69) is 17.9 Å². The topological polar surface area (TPSA) is 62.6 Å². The number of hydrogen-bond acceptors (Lipinski definition) is 5. The summed E-state index contributed by atoms with van der Waals surface area (Å²) < 4.78 is 10.2. The summed E-state index contributed by atoms with van der Waals surface area (Å²) in [5, 5.41) is 9.01. The van der Waals surface area contributed by atoms with Gasteiger partial charge in [0.1, 0.15) is 5.75 Å². The van der Waals surface area contributed by atoms with Gasteiger partial charge in [-0.2, -0.15) is 5.26 Å². The van der Waals surface area contributed by atoms with Crippen molar-refractivity contribution in [1.29, 1.82) is 5.26 Å². The summed E-state index contributed by atoms with van der Waals surface area (Å²) in [6, 6.07) is 7.54. The fourth-order valence-corrected chi connectivity index (χ4v) is 2.87. The molecule has 0 aliphatic carbocycles. The number of esters is 1. The summed E-state index contributed by atoms with van der Waals surface area (Å²) in [5.41, 5.74) is 1.58. The average molecular weight is 288 g/mol. The molecule has 21 heavy (non-hydrogen) atoms. The van der Waals surface area contributed by atoms with Crippen molar-refractivity contribution < 1.29 is 14.3 Å². The molecule has 2 unspecified atom stereocenters. The highest BCUT2D eigenvalue weighted by molar-refractivity contribution is 5.73. The number of nitriles is 1. The van der Waals surface area contributed by atoms with Gasteiger partial charge in [-0.25, -0.2) is 0 Å². The molecule has 0 aromatic heterocycles. The van der Waals surface area contributed by atoms with Gasteiger partial charge in [0, 0.05) is 25.2 Å². The number of methoxy groups -OCH3 is 2. The van der Waals surface area contributed by atoms with Gasteiger partial charge in [-0.05, 0) is 24.1 Å². The van der Waals surface area contributed by atoms with Gasteiger partial charge < -0.3 is 9.47 Å². The van der Waals surface area contributed by atoms with Crippen molar-refractivity contribution in [3.63, 3.8) is 0 Å². The van der Waals surface area contributed by atoms with Crippen LogP contribution in [0.1, 0.15) is 18.1 Å². The Morgan fingerprint density at radius 1 is 1.43 bits per heavy atom. The first-order chi connectivity index (χ1) is 10.1. The second kappa shape index (κ2) is 6.59. The van der Waals surface area contributed by atoms with Gasteiger partial charge in [-0.1, -0.05) is 6.92 Å². The molecule has 0 spiro atoms. The van der Waals surface area contributed by atoms with Crippen molar-refractivity contribution in [3.05, 3.63) is 29.3 Å². The first-order valence-electron chi connectivity index (χ1n) is 6.96. The van der Waals surface area contributed by atoms with E-state index in [0.29, 0.717) is 18.7 Å². The molecule has 1 heterocycles. The third kappa shape index (κ3) is 3.34. The number of nitrogens with zero attached hydrogens (tertiary/aromatic N) is 2. The van der Waals surface area contributed by atoms with E-state index < -0.39 is 0 Å². The quantitative estimate of drug-likeness (QED) is 0.791. The van der Waals surface area contributed by atoms with Crippen LogP contribution < -0.4 is 4.74 Å². The standard InChI is InChI=1S/C16H20N2O3/c1-11-8-18(10-14(11)16(19)21-3)9-13-6-12(7-17)4-5-15(13)20-2/h4-6,11,14H,8-10H2,1-3H3. The maximum atomic E-state index is 11.7. The predicted octanol–water partition coefficient (Wildman–Crippen LogP) is 1.81. The van der Waals surface area contributed by atoms with E-state index >= 15 is 0 Å². The third-order valence-electron chi connectivity index (χ3n) is 4.00. The van der Waals surface area contributed by atoms with Crippen LogP contribution in [0.15, 0.2) is 18.2 Å². The van der Waals surface area contributed by atoms with E-state index in [1.165, 1.54) is 7.11 Å². The van der Waals surface area contributed by atoms with Crippen molar-refractivity contribution in [3.8, 4) is 11.8 Å². The number of hydrogen-bond donors (Lipinski definition) is 0. The maximum absolute atomic E-state index is 11.7. The van der Waals surface area contributed by atoms with Crippen LogP contribution in [-0.4, -0.2) is 38.2 Å². The van der Waals surface area contributed by atoms with Crippen molar-refractivity contribution in [2.75, 3.05) is 27.3 Å². The van der Waals surface area contributed by atoms with Gasteiger partial charge in [-0.15, -0.1) is 0 Å². The zero-order valence-electron chi connectivity index (χ0n) is 12.6. The summed E-state index contributed by atoms with van der Waals surface area (Å²) in [6.45, 7) is 4.23. The van der Waals surface area contributed by atoms with Gasteiger partial charge in [-0.3, -0.25) is 9.69 Å². The molecule has 1 aromatic rings. The van der Waals surface area contributed by atoms with Crippen molar-refractivity contribution in [2.24, 2.45) is 11.8 Å². The minimum absolute atomic E-state index is 0.0832. The molecule has 1 saturated heterocycles. The Bertz CT molecular complexity index is 565. The lowest BCUT2D eigenvalue weighted by Gasteiger charge is -2.17. The molecule has 0 N–H and O–H groups in total. The lowest BCUT2D eigenvalue weighted by molar-refractivity contribution is -0.146. The molecule has 0 radical (unpaired) electrons. The van der Waals surface area contributed by atoms with E-state index in [4.69, 9.17) is 14.7 Å². The summed E-state index contributed by atoms with van der Waals surface area (Å²) in [4.78, 5) is 13.9. The van der Waals surface area contributed by atoms with E-state index in [1.54, 1.807) is 13.2 Å². The zero-order valence-corrected chi connectivity index (χ0v) is 12.6. The number of likely N-dealkylation sites (tertiary alicyclic amines) is 1. The smallest absolute Gasteiger partial charge is 0.310 e. The monoisotopic (exact) mass is 288 g/mol. The Morgan fingerprint density at radius 3 is 2.81 bits per heavy atom. The van der Waals surface area contributed by atoms with Gasteiger partial charge in [0.05, 0.1) is 31.8 Å². The molecule has 5 heteroatoms. The lowest BCUT2D eigenvalue weighted by atomic mass is 9.99. The lowest BCUT2D eigenvalue weighted by Crippen LogP contribution is -2.24. The first-order valence-corrected chi connectivity index (χ1v) is 6.96. The molecule has 2 atom stereocenters. The average Bonchev–Trinajstić information content (AvgIpc) is 2.86. The van der Waals surface area contributed by atoms with E-state index in [-0.39, 0.29) is 17.8 Å². The molecule has 0 bridgehead atoms. The Hall–Kier alpha value is -2.06. The molecular formula is C16H20N2O3. The highest BCUT2D eigenvalue weighted by atomic mass is 16.5. The fourth-order valence-electron chi connectivity index (χ4n) is 2.87. The molecule has 1 aliphatic rings. The van der Waals surface area contributed by atoms with Crippen LogP contribution in [0.4, 0.5) is 0 Å². The molecule has 112 valence electrons. The summed E-state index contributed by atoms with van der Waals surface area (Å²) in [5.74, 6) is 0.800. The highest BCUT2D eigenvalue weighted by Gasteiger charge is 2.35. The highest BCUT2D eigenvalue weighted by Crippen LogP contribution is 2.28. The third-order valence-corrected chi connectivity index (χ3v) is 4.00. The summed E-state index contributed by atoms with van der Waals surface area (Å²) >= 11 is 0. The van der Waals surface area contributed by atoms with Crippen LogP contribution >= 0.6 is 0 Å². The summed E-state index contributed by atoms with van der Waals surface area (Å²) in [6.07, 6.45) is 0. The maximum Gasteiger partial charge on any atom is 0.310 e. The van der Waals surface area contributed by atoms with Gasteiger partial charge in [0.15, 0.2) is 0 Å². The number of carbonyl (C=O) groups excluding carboxylic acids is 1. The fraction of sp³-hybridized carbons (Fsp3) is 0.500. The Balaban J connectivity index is 2.12. The van der Waals surface area contributed by atoms with Gasteiger partial charge >= 0.3 is 5.97 Å². The second-order valence-electron chi connectivity index (χ2n) is 5.44. The molecule has 1 aromatic carbocycles. The van der Waals surface area contributed by atoms with Crippen molar-refractivity contribution in [2.45, 2.75) is 13.5 Å². The van der Waals surface area contributed by atoms with Gasteiger partial charge in [0.2, 0.25) is 0 Å². The van der Waals surface area contributed by atoms with Crippen molar-refractivity contribution >= 4 is 5.97 Å². The number of carbonyl (C=O) groups is 1. The van der Waals surface area contributed by atoms with Gasteiger partial charge in [0.25, 0.3) is 0 Å².